The van der Waals surface area contributed by atoms with Gasteiger partial charge in [0.25, 0.3) is 0 Å². The van der Waals surface area contributed by atoms with Crippen LogP contribution in [0.25, 0.3) is 10.2 Å². The molecule has 0 aliphatic heterocycles. The Morgan fingerprint density at radius 1 is 1.58 bits per heavy atom. The summed E-state index contributed by atoms with van der Waals surface area (Å²) in [6.07, 6.45) is 1.78. The number of para-hydroxylation sites is 1. The van der Waals surface area contributed by atoms with E-state index in [1.54, 1.807) is 13.0 Å². The number of amides is 2. The first-order chi connectivity index (χ1) is 9.26. The van der Waals surface area contributed by atoms with Crippen LogP contribution in [0, 0.1) is 0 Å². The minimum Gasteiger partial charge on any atom is -0.312 e. The van der Waals surface area contributed by atoms with Crippen LogP contribution >= 0.6 is 11.3 Å². The number of allylic oxidation sites excluding steroid dienone is 1. The van der Waals surface area contributed by atoms with Crippen molar-refractivity contribution in [2.45, 2.75) is 13.5 Å². The molecule has 1 aromatic carbocycles. The van der Waals surface area contributed by atoms with Crippen molar-refractivity contribution in [1.82, 2.24) is 10.0 Å². The number of hydrogen-bond acceptors (Lipinski definition) is 3. The maximum atomic E-state index is 11.6. The minimum absolute atomic E-state index is 0.403. The highest BCUT2D eigenvalue weighted by molar-refractivity contribution is 7.16. The van der Waals surface area contributed by atoms with E-state index in [4.69, 9.17) is 4.84 Å². The van der Waals surface area contributed by atoms with Crippen LogP contribution < -0.4 is 10.3 Å². The molecule has 0 unspecified atom stereocenters. The minimum atomic E-state index is -0.508. The number of thiazole rings is 1. The zero-order valence-electron chi connectivity index (χ0n) is 10.6. The molecule has 5 nitrogen and oxygen atoms in total. The number of urea groups is 1. The molecule has 0 spiro atoms. The molecule has 0 saturated heterocycles. The number of benzene rings is 1. The predicted molar refractivity (Wildman–Crippen MR) is 75.7 cm³/mol. The molecule has 1 aromatic heterocycles. The van der Waals surface area contributed by atoms with E-state index >= 15 is 0 Å². The third kappa shape index (κ3) is 3.10. The number of fused-ring (bicyclic) bond motifs is 1. The normalized spacial score (nSPS) is 11.7. The summed E-state index contributed by atoms with van der Waals surface area (Å²) in [7, 11) is 0. The van der Waals surface area contributed by atoms with Crippen molar-refractivity contribution in [3.05, 3.63) is 41.7 Å². The SMILES string of the molecule is C=CCn1c(=NC(=O)NOCC)sc2ccccc21. The van der Waals surface area contributed by atoms with Crippen LogP contribution in [0.5, 0.6) is 0 Å². The van der Waals surface area contributed by atoms with Gasteiger partial charge in [0.05, 0.1) is 16.8 Å². The van der Waals surface area contributed by atoms with Gasteiger partial charge >= 0.3 is 6.03 Å². The van der Waals surface area contributed by atoms with Crippen LogP contribution in [-0.4, -0.2) is 17.2 Å². The van der Waals surface area contributed by atoms with Crippen molar-refractivity contribution in [2.75, 3.05) is 6.61 Å². The molecule has 0 saturated carbocycles. The van der Waals surface area contributed by atoms with Gasteiger partial charge < -0.3 is 4.57 Å². The van der Waals surface area contributed by atoms with Crippen molar-refractivity contribution in [2.24, 2.45) is 4.99 Å². The maximum Gasteiger partial charge on any atom is 0.367 e. The molecule has 0 atom stereocenters. The van der Waals surface area contributed by atoms with E-state index in [0.29, 0.717) is 18.0 Å². The number of aromatic nitrogens is 1. The zero-order valence-corrected chi connectivity index (χ0v) is 11.4. The highest BCUT2D eigenvalue weighted by Gasteiger charge is 2.05. The Balaban J connectivity index is 2.46. The van der Waals surface area contributed by atoms with Gasteiger partial charge in [-0.15, -0.1) is 6.58 Å². The Bertz CT molecular complexity index is 657. The standard InChI is InChI=1S/C13H15N3O2S/c1-3-9-16-10-7-5-6-8-11(10)19-13(16)14-12(17)15-18-4-2/h3,5-8H,1,4,9H2,2H3,(H,15,17). The van der Waals surface area contributed by atoms with Gasteiger partial charge in [0.2, 0.25) is 0 Å². The second kappa shape index (κ2) is 6.31. The topological polar surface area (TPSA) is 55.6 Å². The zero-order chi connectivity index (χ0) is 13.7. The van der Waals surface area contributed by atoms with Crippen molar-refractivity contribution in [3.8, 4) is 0 Å². The lowest BCUT2D eigenvalue weighted by atomic mass is 10.3. The van der Waals surface area contributed by atoms with Gasteiger partial charge in [-0.25, -0.2) is 10.3 Å². The van der Waals surface area contributed by atoms with Gasteiger partial charge in [-0.05, 0) is 19.1 Å². The lowest BCUT2D eigenvalue weighted by Gasteiger charge is -2.01. The molecule has 100 valence electrons. The van der Waals surface area contributed by atoms with E-state index in [0.717, 1.165) is 10.2 Å². The van der Waals surface area contributed by atoms with Crippen molar-refractivity contribution in [3.63, 3.8) is 0 Å². The second-order valence-electron chi connectivity index (χ2n) is 3.70. The first kappa shape index (κ1) is 13.5. The van der Waals surface area contributed by atoms with E-state index in [2.05, 4.69) is 17.1 Å². The molecule has 2 amide bonds. The molecule has 0 aliphatic rings. The summed E-state index contributed by atoms with van der Waals surface area (Å²) in [4.78, 5) is 21.0. The molecule has 6 heteroatoms. The summed E-state index contributed by atoms with van der Waals surface area (Å²) in [6, 6.07) is 7.40. The highest BCUT2D eigenvalue weighted by atomic mass is 32.1. The van der Waals surface area contributed by atoms with Gasteiger partial charge in [0, 0.05) is 6.54 Å². The van der Waals surface area contributed by atoms with Crippen LogP contribution in [0.4, 0.5) is 4.79 Å². The monoisotopic (exact) mass is 277 g/mol. The number of nitrogens with zero attached hydrogens (tertiary/aromatic N) is 2. The summed E-state index contributed by atoms with van der Waals surface area (Å²) < 4.78 is 3.02. The fourth-order valence-corrected chi connectivity index (χ4v) is 2.69. The smallest absolute Gasteiger partial charge is 0.312 e. The lowest BCUT2D eigenvalue weighted by Crippen LogP contribution is -2.24. The summed E-state index contributed by atoms with van der Waals surface area (Å²) in [5, 5.41) is 0. The third-order valence-corrected chi connectivity index (χ3v) is 3.46. The molecular formula is C13H15N3O2S. The van der Waals surface area contributed by atoms with Crippen LogP contribution in [0.15, 0.2) is 41.9 Å². The summed E-state index contributed by atoms with van der Waals surface area (Å²) >= 11 is 1.46. The number of hydroxylamine groups is 1. The fourth-order valence-electron chi connectivity index (χ4n) is 1.66. The Labute approximate surface area is 114 Å². The van der Waals surface area contributed by atoms with Crippen molar-refractivity contribution < 1.29 is 9.63 Å². The Hall–Kier alpha value is -1.92. The molecule has 19 heavy (non-hydrogen) atoms. The number of hydrogen-bond donors (Lipinski definition) is 1. The molecule has 1 N–H and O–H groups in total. The number of nitrogens with one attached hydrogen (secondary N) is 1. The van der Waals surface area contributed by atoms with E-state index in [1.165, 1.54) is 11.3 Å². The number of rotatable bonds is 4. The number of carbonyl (C=O) groups is 1. The molecule has 0 bridgehead atoms. The summed E-state index contributed by atoms with van der Waals surface area (Å²) in [6.45, 7) is 6.52. The molecule has 0 radical (unpaired) electrons. The molecular weight excluding hydrogens is 262 g/mol. The van der Waals surface area contributed by atoms with Crippen LogP contribution in [0.3, 0.4) is 0 Å². The van der Waals surface area contributed by atoms with Gasteiger partial charge in [0.1, 0.15) is 0 Å². The second-order valence-corrected chi connectivity index (χ2v) is 4.71. The Morgan fingerprint density at radius 3 is 3.11 bits per heavy atom. The largest absolute Gasteiger partial charge is 0.367 e. The maximum absolute atomic E-state index is 11.6. The van der Waals surface area contributed by atoms with E-state index in [9.17, 15) is 4.79 Å². The average molecular weight is 277 g/mol. The van der Waals surface area contributed by atoms with Crippen LogP contribution in [0.1, 0.15) is 6.92 Å². The molecule has 0 aliphatic carbocycles. The Morgan fingerprint density at radius 2 is 2.37 bits per heavy atom. The number of carbonyl (C=O) groups excluding carboxylic acids is 1. The van der Waals surface area contributed by atoms with Crippen LogP contribution in [-0.2, 0) is 11.4 Å². The highest BCUT2D eigenvalue weighted by Crippen LogP contribution is 2.16. The fraction of sp³-hybridized carbons (Fsp3) is 0.231. The first-order valence-electron chi connectivity index (χ1n) is 5.92. The van der Waals surface area contributed by atoms with Crippen LogP contribution in [0.2, 0.25) is 0 Å². The average Bonchev–Trinajstić information content (AvgIpc) is 2.75. The molecule has 0 fully saturated rings. The lowest BCUT2D eigenvalue weighted by molar-refractivity contribution is 0.0740. The third-order valence-electron chi connectivity index (χ3n) is 2.40. The Kier molecular flexibility index (Phi) is 4.48. The first-order valence-corrected chi connectivity index (χ1v) is 6.73. The van der Waals surface area contributed by atoms with Gasteiger partial charge in [0.15, 0.2) is 4.80 Å². The van der Waals surface area contributed by atoms with Crippen molar-refractivity contribution in [1.29, 1.82) is 0 Å². The summed E-state index contributed by atoms with van der Waals surface area (Å²) in [5.74, 6) is 0. The summed E-state index contributed by atoms with van der Waals surface area (Å²) in [5.41, 5.74) is 3.29. The van der Waals surface area contributed by atoms with Crippen molar-refractivity contribution >= 4 is 27.6 Å². The van der Waals surface area contributed by atoms with E-state index in [1.807, 2.05) is 28.8 Å². The molecule has 2 rings (SSSR count). The quantitative estimate of drug-likeness (QED) is 0.689. The molecule has 1 heterocycles. The predicted octanol–water partition coefficient (Wildman–Crippen LogP) is 2.45. The van der Waals surface area contributed by atoms with E-state index in [-0.39, 0.29) is 0 Å². The van der Waals surface area contributed by atoms with E-state index < -0.39 is 6.03 Å². The van der Waals surface area contributed by atoms with Gasteiger partial charge in [-0.2, -0.15) is 4.99 Å². The molecule has 2 aromatic rings. The van der Waals surface area contributed by atoms with Gasteiger partial charge in [-0.3, -0.25) is 4.84 Å². The van der Waals surface area contributed by atoms with Gasteiger partial charge in [-0.1, -0.05) is 29.5 Å².